The van der Waals surface area contributed by atoms with E-state index in [0.29, 0.717) is 6.10 Å². The van der Waals surface area contributed by atoms with Gasteiger partial charge in [-0.05, 0) is 37.9 Å². The molecule has 68 valence electrons. The molecule has 0 radical (unpaired) electrons. The first kappa shape index (κ1) is 10.1. The van der Waals surface area contributed by atoms with Crippen molar-refractivity contribution in [3.8, 4) is 0 Å². The van der Waals surface area contributed by atoms with E-state index in [0.717, 1.165) is 23.0 Å². The van der Waals surface area contributed by atoms with Crippen molar-refractivity contribution in [2.45, 2.75) is 31.8 Å². The van der Waals surface area contributed by atoms with Crippen LogP contribution in [0, 0.1) is 0 Å². The lowest BCUT2D eigenvalue weighted by atomic mass is 10.1. The summed E-state index contributed by atoms with van der Waals surface area (Å²) < 4.78 is 6.14. The largest absolute Gasteiger partial charge is 0.474 e. The SMILES string of the molecule is C=CCCCCC1CSC(=S)O1. The second kappa shape index (κ2) is 5.60. The molecular weight excluding hydrogens is 188 g/mol. The van der Waals surface area contributed by atoms with Gasteiger partial charge in [-0.1, -0.05) is 17.8 Å². The molecule has 1 fully saturated rings. The normalized spacial score (nSPS) is 22.3. The standard InChI is InChI=1S/C9H14OS2/c1-2-3-4-5-6-8-7-12-9(11)10-8/h2,8H,1,3-7H2. The van der Waals surface area contributed by atoms with Gasteiger partial charge in [0, 0.05) is 5.75 Å². The van der Waals surface area contributed by atoms with Gasteiger partial charge in [0.25, 0.3) is 0 Å². The average Bonchev–Trinajstić information content (AvgIpc) is 2.45. The van der Waals surface area contributed by atoms with Crippen LogP contribution in [0.1, 0.15) is 25.7 Å². The molecule has 1 aliphatic heterocycles. The van der Waals surface area contributed by atoms with E-state index in [1.54, 1.807) is 11.8 Å². The van der Waals surface area contributed by atoms with Crippen LogP contribution in [0.4, 0.5) is 0 Å². The van der Waals surface area contributed by atoms with E-state index in [1.165, 1.54) is 12.8 Å². The minimum atomic E-state index is 0.382. The average molecular weight is 202 g/mol. The quantitative estimate of drug-likeness (QED) is 0.385. The number of ether oxygens (including phenoxy) is 1. The summed E-state index contributed by atoms with van der Waals surface area (Å²) in [5.74, 6) is 1.05. The van der Waals surface area contributed by atoms with Crippen LogP contribution in [-0.4, -0.2) is 16.2 Å². The van der Waals surface area contributed by atoms with Crippen molar-refractivity contribution in [2.75, 3.05) is 5.75 Å². The number of rotatable bonds is 5. The molecule has 12 heavy (non-hydrogen) atoms. The maximum absolute atomic E-state index is 5.41. The van der Waals surface area contributed by atoms with Gasteiger partial charge in [-0.25, -0.2) is 0 Å². The molecule has 1 rings (SSSR count). The van der Waals surface area contributed by atoms with Crippen molar-refractivity contribution >= 4 is 28.4 Å². The summed E-state index contributed by atoms with van der Waals surface area (Å²) in [5.41, 5.74) is 0. The number of unbranched alkanes of at least 4 members (excludes halogenated alkanes) is 2. The summed E-state index contributed by atoms with van der Waals surface area (Å²) >= 11 is 6.58. The van der Waals surface area contributed by atoms with Crippen molar-refractivity contribution in [1.82, 2.24) is 0 Å². The van der Waals surface area contributed by atoms with Crippen LogP contribution in [-0.2, 0) is 4.74 Å². The van der Waals surface area contributed by atoms with Crippen LogP contribution in [0.2, 0.25) is 0 Å². The second-order valence-electron chi connectivity index (χ2n) is 2.87. The minimum Gasteiger partial charge on any atom is -0.474 e. The van der Waals surface area contributed by atoms with Crippen LogP contribution in [0.25, 0.3) is 0 Å². The summed E-state index contributed by atoms with van der Waals surface area (Å²) in [7, 11) is 0. The van der Waals surface area contributed by atoms with E-state index >= 15 is 0 Å². The lowest BCUT2D eigenvalue weighted by Gasteiger charge is -2.07. The number of allylic oxidation sites excluding steroid dienone is 1. The Morgan fingerprint density at radius 3 is 3.08 bits per heavy atom. The van der Waals surface area contributed by atoms with E-state index in [1.807, 2.05) is 6.08 Å². The molecule has 1 heterocycles. The van der Waals surface area contributed by atoms with Gasteiger partial charge >= 0.3 is 0 Å². The Morgan fingerprint density at radius 1 is 1.67 bits per heavy atom. The lowest BCUT2D eigenvalue weighted by molar-refractivity contribution is 0.220. The Kier molecular flexibility index (Phi) is 4.69. The van der Waals surface area contributed by atoms with E-state index in [-0.39, 0.29) is 0 Å². The second-order valence-corrected chi connectivity index (χ2v) is 4.50. The highest BCUT2D eigenvalue weighted by Gasteiger charge is 2.20. The number of hydrogen-bond acceptors (Lipinski definition) is 3. The highest BCUT2D eigenvalue weighted by Crippen LogP contribution is 2.23. The molecule has 1 unspecified atom stereocenters. The van der Waals surface area contributed by atoms with Crippen LogP contribution >= 0.6 is 24.0 Å². The first-order chi connectivity index (χ1) is 5.83. The fraction of sp³-hybridized carbons (Fsp3) is 0.667. The van der Waals surface area contributed by atoms with Crippen molar-refractivity contribution in [2.24, 2.45) is 0 Å². The number of thioether (sulfide) groups is 1. The molecule has 0 saturated carbocycles. The fourth-order valence-electron chi connectivity index (χ4n) is 1.17. The highest BCUT2D eigenvalue weighted by atomic mass is 32.2. The Balaban J connectivity index is 2.00. The summed E-state index contributed by atoms with van der Waals surface area (Å²) in [6, 6.07) is 0. The third-order valence-corrected chi connectivity index (χ3v) is 3.15. The smallest absolute Gasteiger partial charge is 0.220 e. The van der Waals surface area contributed by atoms with E-state index in [2.05, 4.69) is 6.58 Å². The predicted octanol–water partition coefficient (Wildman–Crippen LogP) is 3.15. The van der Waals surface area contributed by atoms with Gasteiger partial charge in [0.2, 0.25) is 4.38 Å². The maximum Gasteiger partial charge on any atom is 0.220 e. The Morgan fingerprint density at radius 2 is 2.50 bits per heavy atom. The van der Waals surface area contributed by atoms with Crippen LogP contribution in [0.5, 0.6) is 0 Å². The molecule has 1 atom stereocenters. The van der Waals surface area contributed by atoms with Gasteiger partial charge < -0.3 is 4.74 Å². The fourth-order valence-corrected chi connectivity index (χ4v) is 2.27. The molecule has 0 aromatic rings. The number of hydrogen-bond donors (Lipinski definition) is 0. The van der Waals surface area contributed by atoms with E-state index < -0.39 is 0 Å². The van der Waals surface area contributed by atoms with Gasteiger partial charge in [0.05, 0.1) is 0 Å². The molecule has 1 saturated heterocycles. The maximum atomic E-state index is 5.41. The van der Waals surface area contributed by atoms with Gasteiger partial charge in [-0.3, -0.25) is 0 Å². The lowest BCUT2D eigenvalue weighted by Crippen LogP contribution is -2.08. The molecule has 0 aromatic heterocycles. The van der Waals surface area contributed by atoms with Crippen LogP contribution in [0.15, 0.2) is 12.7 Å². The van der Waals surface area contributed by atoms with Crippen LogP contribution < -0.4 is 0 Å². The predicted molar refractivity (Wildman–Crippen MR) is 58.6 cm³/mol. The number of thiocarbonyl (C=S) groups is 1. The summed E-state index contributed by atoms with van der Waals surface area (Å²) in [6.07, 6.45) is 7.05. The topological polar surface area (TPSA) is 9.23 Å². The third-order valence-electron chi connectivity index (χ3n) is 1.83. The zero-order chi connectivity index (χ0) is 8.81. The Hall–Kier alpha value is -0.0200. The molecule has 0 amide bonds. The molecule has 0 spiro atoms. The summed E-state index contributed by atoms with van der Waals surface area (Å²) in [4.78, 5) is 0. The summed E-state index contributed by atoms with van der Waals surface area (Å²) in [5, 5.41) is 0. The van der Waals surface area contributed by atoms with E-state index in [9.17, 15) is 0 Å². The van der Waals surface area contributed by atoms with Crippen molar-refractivity contribution < 1.29 is 4.74 Å². The first-order valence-corrected chi connectivity index (χ1v) is 5.66. The van der Waals surface area contributed by atoms with Gasteiger partial charge in [-0.15, -0.1) is 6.58 Å². The van der Waals surface area contributed by atoms with Gasteiger partial charge in [0.1, 0.15) is 6.10 Å². The molecule has 0 N–H and O–H groups in total. The van der Waals surface area contributed by atoms with Gasteiger partial charge in [-0.2, -0.15) is 0 Å². The van der Waals surface area contributed by atoms with Crippen molar-refractivity contribution in [3.63, 3.8) is 0 Å². The zero-order valence-corrected chi connectivity index (χ0v) is 8.76. The molecule has 1 aliphatic rings. The zero-order valence-electron chi connectivity index (χ0n) is 7.12. The molecule has 0 aliphatic carbocycles. The van der Waals surface area contributed by atoms with Gasteiger partial charge in [0.15, 0.2) is 0 Å². The van der Waals surface area contributed by atoms with Crippen molar-refractivity contribution in [3.05, 3.63) is 12.7 Å². The van der Waals surface area contributed by atoms with Crippen molar-refractivity contribution in [1.29, 1.82) is 0 Å². The van der Waals surface area contributed by atoms with Crippen LogP contribution in [0.3, 0.4) is 0 Å². The molecular formula is C9H14OS2. The molecule has 0 bridgehead atoms. The third kappa shape index (κ3) is 3.59. The molecule has 0 aromatic carbocycles. The Labute approximate surface area is 83.6 Å². The Bertz CT molecular complexity index is 168. The first-order valence-electron chi connectivity index (χ1n) is 4.27. The van der Waals surface area contributed by atoms with E-state index in [4.69, 9.17) is 17.0 Å². The summed E-state index contributed by atoms with van der Waals surface area (Å²) in [6.45, 7) is 3.69. The minimum absolute atomic E-state index is 0.382. The molecule has 1 nitrogen and oxygen atoms in total. The highest BCUT2D eigenvalue weighted by molar-refractivity contribution is 8.22. The monoisotopic (exact) mass is 202 g/mol. The molecule has 3 heteroatoms.